The van der Waals surface area contributed by atoms with Crippen LogP contribution in [0.4, 0.5) is 0 Å². The van der Waals surface area contributed by atoms with Crippen LogP contribution < -0.4 is 5.32 Å². The lowest BCUT2D eigenvalue weighted by Gasteiger charge is -2.51. The molecule has 1 aliphatic heterocycles. The second-order valence-corrected chi connectivity index (χ2v) is 4.83. The molecule has 0 aromatic heterocycles. The third kappa shape index (κ3) is 0.572. The minimum absolute atomic E-state index is 0.264. The number of hydrogen-bond acceptors (Lipinski definition) is 1. The number of β-lactam (4-membered cyclic amide) rings is 1. The molecule has 2 aliphatic carbocycles. The smallest absolute Gasteiger partial charge is 0.225 e. The zero-order chi connectivity index (χ0) is 8.34. The van der Waals surface area contributed by atoms with Gasteiger partial charge in [-0.25, -0.2) is 0 Å². The van der Waals surface area contributed by atoms with Crippen molar-refractivity contribution in [3.05, 3.63) is 0 Å². The fraction of sp³-hybridized carbons (Fsp3) is 0.900. The molecule has 0 aromatic carbocycles. The summed E-state index contributed by atoms with van der Waals surface area (Å²) in [5.74, 6) is 2.32. The Kier molecular flexibility index (Phi) is 1.07. The fourth-order valence-electron chi connectivity index (χ4n) is 3.66. The molecule has 4 unspecified atom stereocenters. The number of carbonyl (C=O) groups excluding carboxylic acids is 1. The van der Waals surface area contributed by atoms with Gasteiger partial charge in [0, 0.05) is 0 Å². The first-order valence-electron chi connectivity index (χ1n) is 5.04. The van der Waals surface area contributed by atoms with Gasteiger partial charge in [0.25, 0.3) is 0 Å². The van der Waals surface area contributed by atoms with Crippen molar-refractivity contribution in [3.8, 4) is 0 Å². The standard InChI is InChI=1S/C10H15NO/c1-6-9(12)11-10(6)5-7-2-3-8(10)4-7/h6-8H,2-5H2,1H3,(H,11,12). The lowest BCUT2D eigenvalue weighted by molar-refractivity contribution is -0.143. The Balaban J connectivity index is 1.90. The largest absolute Gasteiger partial charge is 0.349 e. The third-order valence-electron chi connectivity index (χ3n) is 4.42. The first kappa shape index (κ1) is 6.93. The number of fused-ring (bicyclic) bond motifs is 3. The van der Waals surface area contributed by atoms with Crippen molar-refractivity contribution >= 4 is 5.91 Å². The van der Waals surface area contributed by atoms with E-state index >= 15 is 0 Å². The van der Waals surface area contributed by atoms with Gasteiger partial charge in [-0.3, -0.25) is 4.79 Å². The molecule has 1 spiro atoms. The molecule has 3 aliphatic rings. The molecule has 0 aromatic rings. The molecule has 2 bridgehead atoms. The van der Waals surface area contributed by atoms with Crippen LogP contribution in [-0.4, -0.2) is 11.4 Å². The van der Waals surface area contributed by atoms with Gasteiger partial charge in [-0.1, -0.05) is 6.92 Å². The van der Waals surface area contributed by atoms with Crippen LogP contribution in [0.25, 0.3) is 0 Å². The number of nitrogens with one attached hydrogen (secondary N) is 1. The van der Waals surface area contributed by atoms with Gasteiger partial charge < -0.3 is 5.32 Å². The van der Waals surface area contributed by atoms with E-state index in [1.165, 1.54) is 25.7 Å². The van der Waals surface area contributed by atoms with E-state index in [1.54, 1.807) is 0 Å². The van der Waals surface area contributed by atoms with E-state index in [9.17, 15) is 4.79 Å². The van der Waals surface area contributed by atoms with Crippen LogP contribution in [-0.2, 0) is 4.79 Å². The highest BCUT2D eigenvalue weighted by Gasteiger charge is 2.61. The normalized spacial score (nSPS) is 55.8. The first-order valence-corrected chi connectivity index (χ1v) is 5.04. The van der Waals surface area contributed by atoms with Crippen molar-refractivity contribution in [2.75, 3.05) is 0 Å². The zero-order valence-electron chi connectivity index (χ0n) is 7.47. The highest BCUT2D eigenvalue weighted by atomic mass is 16.2. The van der Waals surface area contributed by atoms with Crippen LogP contribution in [0.1, 0.15) is 32.6 Å². The van der Waals surface area contributed by atoms with Crippen molar-refractivity contribution in [1.82, 2.24) is 5.32 Å². The molecule has 4 atom stereocenters. The number of rotatable bonds is 0. The quantitative estimate of drug-likeness (QED) is 0.539. The molecule has 3 fully saturated rings. The van der Waals surface area contributed by atoms with E-state index in [1.807, 2.05) is 0 Å². The molecule has 2 heteroatoms. The molecule has 1 amide bonds. The van der Waals surface area contributed by atoms with Gasteiger partial charge in [0.15, 0.2) is 0 Å². The highest BCUT2D eigenvalue weighted by Crippen LogP contribution is 2.56. The molecule has 66 valence electrons. The second kappa shape index (κ2) is 1.86. The van der Waals surface area contributed by atoms with Crippen LogP contribution >= 0.6 is 0 Å². The number of carbonyl (C=O) groups is 1. The van der Waals surface area contributed by atoms with Crippen molar-refractivity contribution in [3.63, 3.8) is 0 Å². The Morgan fingerprint density at radius 1 is 1.50 bits per heavy atom. The third-order valence-corrected chi connectivity index (χ3v) is 4.42. The molecular formula is C10H15NO. The zero-order valence-corrected chi connectivity index (χ0v) is 7.47. The molecule has 2 saturated carbocycles. The van der Waals surface area contributed by atoms with Crippen molar-refractivity contribution in [2.24, 2.45) is 17.8 Å². The van der Waals surface area contributed by atoms with Gasteiger partial charge >= 0.3 is 0 Å². The van der Waals surface area contributed by atoms with Crippen LogP contribution in [0.3, 0.4) is 0 Å². The molecule has 1 saturated heterocycles. The van der Waals surface area contributed by atoms with Crippen LogP contribution in [0.5, 0.6) is 0 Å². The minimum Gasteiger partial charge on any atom is -0.349 e. The maximum absolute atomic E-state index is 11.2. The predicted octanol–water partition coefficient (Wildman–Crippen LogP) is 1.31. The van der Waals surface area contributed by atoms with E-state index in [0.29, 0.717) is 5.92 Å². The van der Waals surface area contributed by atoms with E-state index in [4.69, 9.17) is 0 Å². The summed E-state index contributed by atoms with van der Waals surface area (Å²) < 4.78 is 0. The van der Waals surface area contributed by atoms with Crippen molar-refractivity contribution in [1.29, 1.82) is 0 Å². The summed E-state index contributed by atoms with van der Waals surface area (Å²) in [6.45, 7) is 2.10. The van der Waals surface area contributed by atoms with Gasteiger partial charge in [0.2, 0.25) is 5.91 Å². The van der Waals surface area contributed by atoms with Crippen molar-refractivity contribution in [2.45, 2.75) is 38.1 Å². The van der Waals surface area contributed by atoms with Crippen LogP contribution in [0.15, 0.2) is 0 Å². The summed E-state index contributed by atoms with van der Waals surface area (Å²) in [5, 5.41) is 3.16. The lowest BCUT2D eigenvalue weighted by Crippen LogP contribution is -2.70. The molecule has 0 radical (unpaired) electrons. The Morgan fingerprint density at radius 2 is 2.33 bits per heavy atom. The topological polar surface area (TPSA) is 29.1 Å². The summed E-state index contributed by atoms with van der Waals surface area (Å²) in [7, 11) is 0. The summed E-state index contributed by atoms with van der Waals surface area (Å²) in [5.41, 5.74) is 0.264. The van der Waals surface area contributed by atoms with E-state index in [0.717, 1.165) is 11.8 Å². The molecule has 3 rings (SSSR count). The Hall–Kier alpha value is -0.530. The summed E-state index contributed by atoms with van der Waals surface area (Å²) in [4.78, 5) is 11.2. The fourth-order valence-corrected chi connectivity index (χ4v) is 3.66. The molecule has 12 heavy (non-hydrogen) atoms. The van der Waals surface area contributed by atoms with Gasteiger partial charge in [-0.2, -0.15) is 0 Å². The minimum atomic E-state index is 0.264. The van der Waals surface area contributed by atoms with Crippen LogP contribution in [0, 0.1) is 17.8 Å². The Morgan fingerprint density at radius 3 is 2.75 bits per heavy atom. The van der Waals surface area contributed by atoms with Crippen LogP contribution in [0.2, 0.25) is 0 Å². The SMILES string of the molecule is CC1C(=O)NC12CC1CCC2C1. The summed E-state index contributed by atoms with van der Waals surface area (Å²) in [6, 6.07) is 0. The molecular weight excluding hydrogens is 150 g/mol. The number of amides is 1. The maximum atomic E-state index is 11.2. The molecule has 2 nitrogen and oxygen atoms in total. The first-order chi connectivity index (χ1) is 5.72. The van der Waals surface area contributed by atoms with Gasteiger partial charge in [0.05, 0.1) is 11.5 Å². The average molecular weight is 165 g/mol. The van der Waals surface area contributed by atoms with Crippen molar-refractivity contribution < 1.29 is 4.79 Å². The van der Waals surface area contributed by atoms with E-state index in [-0.39, 0.29) is 11.4 Å². The van der Waals surface area contributed by atoms with Gasteiger partial charge in [0.1, 0.15) is 0 Å². The second-order valence-electron chi connectivity index (χ2n) is 4.83. The molecule has 1 N–H and O–H groups in total. The summed E-state index contributed by atoms with van der Waals surface area (Å²) in [6.07, 6.45) is 5.42. The average Bonchev–Trinajstić information content (AvgIpc) is 2.64. The molecule has 1 heterocycles. The monoisotopic (exact) mass is 165 g/mol. The summed E-state index contributed by atoms with van der Waals surface area (Å²) >= 11 is 0. The Labute approximate surface area is 72.7 Å². The predicted molar refractivity (Wildman–Crippen MR) is 45.5 cm³/mol. The van der Waals surface area contributed by atoms with Gasteiger partial charge in [-0.15, -0.1) is 0 Å². The van der Waals surface area contributed by atoms with Gasteiger partial charge in [-0.05, 0) is 37.5 Å². The van der Waals surface area contributed by atoms with E-state index < -0.39 is 0 Å². The maximum Gasteiger partial charge on any atom is 0.225 e. The lowest BCUT2D eigenvalue weighted by atomic mass is 9.67. The van der Waals surface area contributed by atoms with E-state index in [2.05, 4.69) is 12.2 Å². The number of hydrogen-bond donors (Lipinski definition) is 1. The Bertz CT molecular complexity index is 250. The highest BCUT2D eigenvalue weighted by molar-refractivity contribution is 5.87.